The molecule has 0 aromatic carbocycles. The van der Waals surface area contributed by atoms with Crippen LogP contribution in [0, 0.1) is 0 Å². The van der Waals surface area contributed by atoms with Gasteiger partial charge in [-0.1, -0.05) is 19.8 Å². The highest BCUT2D eigenvalue weighted by Crippen LogP contribution is 2.28. The summed E-state index contributed by atoms with van der Waals surface area (Å²) in [5.41, 5.74) is 0. The van der Waals surface area contributed by atoms with Gasteiger partial charge in [-0.05, 0) is 31.4 Å². The highest BCUT2D eigenvalue weighted by atomic mass is 32.2. The van der Waals surface area contributed by atoms with Crippen molar-refractivity contribution < 1.29 is 4.79 Å². The minimum Gasteiger partial charge on any atom is -0.342 e. The van der Waals surface area contributed by atoms with Crippen molar-refractivity contribution in [1.29, 1.82) is 0 Å². The molecule has 0 aromatic heterocycles. The quantitative estimate of drug-likeness (QED) is 0.832. The van der Waals surface area contributed by atoms with Crippen molar-refractivity contribution in [3.05, 3.63) is 0 Å². The summed E-state index contributed by atoms with van der Waals surface area (Å²) in [4.78, 5) is 14.0. The van der Waals surface area contributed by atoms with Crippen LogP contribution in [0.1, 0.15) is 45.4 Å². The van der Waals surface area contributed by atoms with E-state index in [0.717, 1.165) is 18.3 Å². The molecule has 1 saturated heterocycles. The van der Waals surface area contributed by atoms with Crippen LogP contribution in [0.15, 0.2) is 0 Å². The maximum atomic E-state index is 12.0. The Labute approximate surface area is 115 Å². The SMILES string of the molecule is CCS[C@H]1CCCC[C@@H]1NCC(=O)N1CCCC1. The largest absolute Gasteiger partial charge is 0.342 e. The van der Waals surface area contributed by atoms with Crippen molar-refractivity contribution in [2.45, 2.75) is 56.7 Å². The summed E-state index contributed by atoms with van der Waals surface area (Å²) < 4.78 is 0. The summed E-state index contributed by atoms with van der Waals surface area (Å²) in [6.07, 6.45) is 7.60. The van der Waals surface area contributed by atoms with Crippen LogP contribution in [0.5, 0.6) is 0 Å². The second-order valence-corrected chi connectivity index (χ2v) is 6.87. The topological polar surface area (TPSA) is 32.3 Å². The molecule has 104 valence electrons. The fourth-order valence-electron chi connectivity index (χ4n) is 3.04. The van der Waals surface area contributed by atoms with Crippen LogP contribution in [0.25, 0.3) is 0 Å². The summed E-state index contributed by atoms with van der Waals surface area (Å²) in [6, 6.07) is 0.551. The van der Waals surface area contributed by atoms with E-state index in [4.69, 9.17) is 0 Å². The molecule has 0 aromatic rings. The number of hydrogen-bond donors (Lipinski definition) is 1. The molecule has 1 aliphatic heterocycles. The highest BCUT2D eigenvalue weighted by Gasteiger charge is 2.26. The number of amides is 1. The van der Waals surface area contributed by atoms with Crippen molar-refractivity contribution in [1.82, 2.24) is 10.2 Å². The van der Waals surface area contributed by atoms with Gasteiger partial charge in [-0.3, -0.25) is 4.79 Å². The lowest BCUT2D eigenvalue weighted by molar-refractivity contribution is -0.129. The molecule has 0 bridgehead atoms. The van der Waals surface area contributed by atoms with Crippen LogP contribution in [0.4, 0.5) is 0 Å². The smallest absolute Gasteiger partial charge is 0.236 e. The molecule has 3 nitrogen and oxygen atoms in total. The second kappa shape index (κ2) is 7.39. The van der Waals surface area contributed by atoms with Crippen molar-refractivity contribution in [3.63, 3.8) is 0 Å². The summed E-state index contributed by atoms with van der Waals surface area (Å²) in [7, 11) is 0. The predicted molar refractivity (Wildman–Crippen MR) is 78.0 cm³/mol. The summed E-state index contributed by atoms with van der Waals surface area (Å²) >= 11 is 2.06. The minimum atomic E-state index is 0.304. The van der Waals surface area contributed by atoms with Crippen LogP contribution < -0.4 is 5.32 Å². The predicted octanol–water partition coefficient (Wildman–Crippen LogP) is 2.26. The fraction of sp³-hybridized carbons (Fsp3) is 0.929. The van der Waals surface area contributed by atoms with Gasteiger partial charge in [0, 0.05) is 24.4 Å². The fourth-order valence-corrected chi connectivity index (χ4v) is 4.27. The van der Waals surface area contributed by atoms with Crippen LogP contribution in [0.2, 0.25) is 0 Å². The summed E-state index contributed by atoms with van der Waals surface area (Å²) in [5, 5.41) is 4.24. The second-order valence-electron chi connectivity index (χ2n) is 5.35. The van der Waals surface area contributed by atoms with Crippen molar-refractivity contribution in [2.75, 3.05) is 25.4 Å². The molecule has 0 spiro atoms. The van der Waals surface area contributed by atoms with E-state index in [1.54, 1.807) is 0 Å². The van der Waals surface area contributed by atoms with Gasteiger partial charge in [0.25, 0.3) is 0 Å². The first-order valence-electron chi connectivity index (χ1n) is 7.44. The Morgan fingerprint density at radius 1 is 1.22 bits per heavy atom. The van der Waals surface area contributed by atoms with Gasteiger partial charge in [0.05, 0.1) is 6.54 Å². The van der Waals surface area contributed by atoms with E-state index in [2.05, 4.69) is 24.0 Å². The van der Waals surface area contributed by atoms with Crippen LogP contribution in [-0.2, 0) is 4.79 Å². The van der Waals surface area contributed by atoms with E-state index in [-0.39, 0.29) is 0 Å². The van der Waals surface area contributed by atoms with E-state index < -0.39 is 0 Å². The molecule has 2 aliphatic rings. The molecule has 1 aliphatic carbocycles. The number of carbonyl (C=O) groups excluding carboxylic acids is 1. The van der Waals surface area contributed by atoms with E-state index in [1.807, 2.05) is 4.90 Å². The van der Waals surface area contributed by atoms with Gasteiger partial charge in [-0.15, -0.1) is 0 Å². The maximum Gasteiger partial charge on any atom is 0.236 e. The first-order valence-corrected chi connectivity index (χ1v) is 8.49. The third-order valence-electron chi connectivity index (χ3n) is 4.06. The molecular weight excluding hydrogens is 244 g/mol. The van der Waals surface area contributed by atoms with E-state index in [1.165, 1.54) is 44.3 Å². The lowest BCUT2D eigenvalue weighted by Crippen LogP contribution is -2.46. The van der Waals surface area contributed by atoms with Crippen molar-refractivity contribution >= 4 is 17.7 Å². The van der Waals surface area contributed by atoms with Gasteiger partial charge in [0.15, 0.2) is 0 Å². The average molecular weight is 270 g/mol. The molecule has 1 heterocycles. The molecular formula is C14H26N2OS. The zero-order chi connectivity index (χ0) is 12.8. The molecule has 18 heavy (non-hydrogen) atoms. The Balaban J connectivity index is 1.74. The third-order valence-corrected chi connectivity index (χ3v) is 5.38. The number of thioether (sulfide) groups is 1. The normalized spacial score (nSPS) is 28.6. The van der Waals surface area contributed by atoms with E-state index in [9.17, 15) is 4.79 Å². The van der Waals surface area contributed by atoms with Gasteiger partial charge in [-0.2, -0.15) is 11.8 Å². The van der Waals surface area contributed by atoms with Crippen molar-refractivity contribution in [2.24, 2.45) is 0 Å². The first kappa shape index (κ1) is 14.2. The van der Waals surface area contributed by atoms with Gasteiger partial charge in [-0.25, -0.2) is 0 Å². The van der Waals surface area contributed by atoms with Crippen LogP contribution >= 0.6 is 11.8 Å². The monoisotopic (exact) mass is 270 g/mol. The molecule has 2 rings (SSSR count). The number of hydrogen-bond acceptors (Lipinski definition) is 3. The third kappa shape index (κ3) is 3.89. The Hall–Kier alpha value is -0.220. The van der Waals surface area contributed by atoms with Gasteiger partial charge in [0.2, 0.25) is 5.91 Å². The van der Waals surface area contributed by atoms with Gasteiger partial charge in [0.1, 0.15) is 0 Å². The summed E-state index contributed by atoms with van der Waals surface area (Å²) in [6.45, 7) is 4.72. The molecule has 0 unspecified atom stereocenters. The lowest BCUT2D eigenvalue weighted by atomic mass is 9.95. The van der Waals surface area contributed by atoms with Crippen LogP contribution in [0.3, 0.4) is 0 Å². The number of rotatable bonds is 5. The Bertz CT molecular complexity index is 265. The maximum absolute atomic E-state index is 12.0. The number of nitrogens with one attached hydrogen (secondary N) is 1. The van der Waals surface area contributed by atoms with E-state index in [0.29, 0.717) is 18.5 Å². The van der Waals surface area contributed by atoms with Gasteiger partial charge < -0.3 is 10.2 Å². The number of likely N-dealkylation sites (tertiary alicyclic amines) is 1. The molecule has 1 N–H and O–H groups in total. The highest BCUT2D eigenvalue weighted by molar-refractivity contribution is 7.99. The Kier molecular flexibility index (Phi) is 5.83. The molecule has 1 saturated carbocycles. The van der Waals surface area contributed by atoms with Crippen molar-refractivity contribution in [3.8, 4) is 0 Å². The standard InChI is InChI=1S/C14H26N2OS/c1-2-18-13-8-4-3-7-12(13)15-11-14(17)16-9-5-6-10-16/h12-13,15H,2-11H2,1H3/t12-,13-/m0/s1. The molecule has 2 atom stereocenters. The molecule has 2 fully saturated rings. The number of carbonyl (C=O) groups is 1. The molecule has 1 amide bonds. The average Bonchev–Trinajstić information content (AvgIpc) is 2.92. The van der Waals surface area contributed by atoms with Crippen LogP contribution in [-0.4, -0.2) is 47.5 Å². The zero-order valence-electron chi connectivity index (χ0n) is 11.5. The Morgan fingerprint density at radius 3 is 2.67 bits per heavy atom. The minimum absolute atomic E-state index is 0.304. The lowest BCUT2D eigenvalue weighted by Gasteiger charge is -2.32. The summed E-state index contributed by atoms with van der Waals surface area (Å²) in [5.74, 6) is 1.49. The van der Waals surface area contributed by atoms with E-state index >= 15 is 0 Å². The Morgan fingerprint density at radius 2 is 1.94 bits per heavy atom. The number of nitrogens with zero attached hydrogens (tertiary/aromatic N) is 1. The molecule has 4 heteroatoms. The molecule has 0 radical (unpaired) electrons. The van der Waals surface area contributed by atoms with Gasteiger partial charge >= 0.3 is 0 Å². The first-order chi connectivity index (χ1) is 8.81. The zero-order valence-corrected chi connectivity index (χ0v) is 12.3.